The molecule has 1 saturated carbocycles. The third-order valence-corrected chi connectivity index (χ3v) is 4.74. The van der Waals surface area contributed by atoms with Crippen LogP contribution < -0.4 is 4.72 Å². The highest BCUT2D eigenvalue weighted by Crippen LogP contribution is 2.29. The molecule has 96 valence electrons. The molecule has 0 amide bonds. The standard InChI is InChI=1S/C10H17N3O3S/c14-8-10(5-2-1-3-6-10)13-17(15,16)9-4-7-11-12-9/h4,7,13-14H,1-3,5-6,8H2,(H,11,12). The van der Waals surface area contributed by atoms with Gasteiger partial charge in [-0.2, -0.15) is 5.10 Å². The van der Waals surface area contributed by atoms with Gasteiger partial charge in [-0.15, -0.1) is 0 Å². The van der Waals surface area contributed by atoms with Crippen LogP contribution in [0.3, 0.4) is 0 Å². The number of hydrogen-bond acceptors (Lipinski definition) is 4. The maximum atomic E-state index is 12.0. The third kappa shape index (κ3) is 2.67. The molecule has 0 unspecified atom stereocenters. The van der Waals surface area contributed by atoms with Crippen molar-refractivity contribution in [3.8, 4) is 0 Å². The molecule has 6 nitrogen and oxygen atoms in total. The highest BCUT2D eigenvalue weighted by Gasteiger charge is 2.36. The number of aliphatic hydroxyl groups is 1. The Morgan fingerprint density at radius 1 is 1.41 bits per heavy atom. The first kappa shape index (κ1) is 12.5. The number of aromatic nitrogens is 2. The molecule has 0 saturated heterocycles. The normalized spacial score (nSPS) is 20.3. The van der Waals surface area contributed by atoms with Gasteiger partial charge in [-0.05, 0) is 18.9 Å². The van der Waals surface area contributed by atoms with E-state index >= 15 is 0 Å². The van der Waals surface area contributed by atoms with Crippen LogP contribution in [0.1, 0.15) is 32.1 Å². The Bertz CT molecular complexity index is 449. The number of sulfonamides is 1. The Hall–Kier alpha value is -0.920. The smallest absolute Gasteiger partial charge is 0.258 e. The number of aromatic amines is 1. The lowest BCUT2D eigenvalue weighted by molar-refractivity contribution is 0.142. The van der Waals surface area contributed by atoms with Crippen molar-refractivity contribution in [2.24, 2.45) is 0 Å². The fourth-order valence-corrected chi connectivity index (χ4v) is 3.62. The first-order valence-electron chi connectivity index (χ1n) is 5.72. The predicted molar refractivity (Wildman–Crippen MR) is 61.8 cm³/mol. The zero-order valence-corrected chi connectivity index (χ0v) is 10.3. The van der Waals surface area contributed by atoms with Gasteiger partial charge in [-0.1, -0.05) is 19.3 Å². The Morgan fingerprint density at radius 2 is 2.12 bits per heavy atom. The van der Waals surface area contributed by atoms with Crippen LogP contribution in [0.25, 0.3) is 0 Å². The fraction of sp³-hybridized carbons (Fsp3) is 0.700. The maximum absolute atomic E-state index is 12.0. The van der Waals surface area contributed by atoms with Gasteiger partial charge in [0, 0.05) is 0 Å². The van der Waals surface area contributed by atoms with E-state index in [1.807, 2.05) is 0 Å². The SMILES string of the molecule is O=S(=O)(NC1(CO)CCCCC1)c1ccn[nH]1. The van der Waals surface area contributed by atoms with Gasteiger partial charge in [-0.25, -0.2) is 13.1 Å². The average Bonchev–Trinajstić information content (AvgIpc) is 2.84. The Morgan fingerprint density at radius 3 is 2.65 bits per heavy atom. The van der Waals surface area contributed by atoms with E-state index in [9.17, 15) is 13.5 Å². The van der Waals surface area contributed by atoms with Crippen LogP contribution >= 0.6 is 0 Å². The van der Waals surface area contributed by atoms with Crippen molar-refractivity contribution < 1.29 is 13.5 Å². The van der Waals surface area contributed by atoms with E-state index in [2.05, 4.69) is 14.9 Å². The van der Waals surface area contributed by atoms with Crippen LogP contribution in [0.5, 0.6) is 0 Å². The largest absolute Gasteiger partial charge is 0.394 e. The molecular formula is C10H17N3O3S. The topological polar surface area (TPSA) is 95.1 Å². The molecule has 1 heterocycles. The van der Waals surface area contributed by atoms with Crippen LogP contribution in [-0.4, -0.2) is 35.9 Å². The predicted octanol–water partition coefficient (Wildman–Crippen LogP) is 0.383. The molecule has 1 aromatic rings. The molecule has 0 atom stereocenters. The van der Waals surface area contributed by atoms with Gasteiger partial charge in [0.05, 0.1) is 18.3 Å². The zero-order valence-electron chi connectivity index (χ0n) is 9.52. The minimum atomic E-state index is -3.62. The Balaban J connectivity index is 2.19. The fourth-order valence-electron chi connectivity index (χ4n) is 2.25. The molecule has 1 aliphatic rings. The zero-order chi connectivity index (χ0) is 12.4. The van der Waals surface area contributed by atoms with Crippen molar-refractivity contribution >= 4 is 10.0 Å². The molecule has 0 aromatic carbocycles. The van der Waals surface area contributed by atoms with Crippen molar-refractivity contribution in [2.45, 2.75) is 42.7 Å². The van der Waals surface area contributed by atoms with Crippen molar-refractivity contribution in [3.05, 3.63) is 12.3 Å². The lowest BCUT2D eigenvalue weighted by Gasteiger charge is -2.35. The summed E-state index contributed by atoms with van der Waals surface area (Å²) in [4.78, 5) is 0. The first-order chi connectivity index (χ1) is 8.08. The molecule has 0 spiro atoms. The Labute approximate surface area is 100 Å². The summed E-state index contributed by atoms with van der Waals surface area (Å²) < 4.78 is 26.7. The van der Waals surface area contributed by atoms with E-state index in [4.69, 9.17) is 0 Å². The lowest BCUT2D eigenvalue weighted by atomic mass is 9.83. The molecule has 0 radical (unpaired) electrons. The summed E-state index contributed by atoms with van der Waals surface area (Å²) in [6.07, 6.45) is 5.71. The summed E-state index contributed by atoms with van der Waals surface area (Å²) in [6.45, 7) is -0.166. The quantitative estimate of drug-likeness (QED) is 0.728. The van der Waals surface area contributed by atoms with Crippen LogP contribution in [0.15, 0.2) is 17.3 Å². The summed E-state index contributed by atoms with van der Waals surface area (Å²) in [7, 11) is -3.62. The highest BCUT2D eigenvalue weighted by molar-refractivity contribution is 7.89. The molecule has 2 rings (SSSR count). The van der Waals surface area contributed by atoms with Gasteiger partial charge in [0.2, 0.25) is 0 Å². The van der Waals surface area contributed by atoms with Crippen molar-refractivity contribution in [2.75, 3.05) is 6.61 Å². The van der Waals surface area contributed by atoms with Gasteiger partial charge < -0.3 is 5.11 Å². The molecule has 7 heteroatoms. The van der Waals surface area contributed by atoms with E-state index in [0.717, 1.165) is 19.3 Å². The van der Waals surface area contributed by atoms with Gasteiger partial charge in [0.25, 0.3) is 10.0 Å². The summed E-state index contributed by atoms with van der Waals surface area (Å²) in [6, 6.07) is 1.40. The lowest BCUT2D eigenvalue weighted by Crippen LogP contribution is -2.52. The molecule has 0 bridgehead atoms. The van der Waals surface area contributed by atoms with E-state index < -0.39 is 15.6 Å². The van der Waals surface area contributed by atoms with Crippen molar-refractivity contribution in [3.63, 3.8) is 0 Å². The van der Waals surface area contributed by atoms with E-state index in [0.29, 0.717) is 12.8 Å². The third-order valence-electron chi connectivity index (χ3n) is 3.23. The van der Waals surface area contributed by atoms with Gasteiger partial charge >= 0.3 is 0 Å². The summed E-state index contributed by atoms with van der Waals surface area (Å²) in [5.74, 6) is 0. The van der Waals surface area contributed by atoms with E-state index in [-0.39, 0.29) is 11.6 Å². The van der Waals surface area contributed by atoms with E-state index in [1.54, 1.807) is 0 Å². The number of aliphatic hydroxyl groups excluding tert-OH is 1. The monoisotopic (exact) mass is 259 g/mol. The Kier molecular flexibility index (Phi) is 3.50. The van der Waals surface area contributed by atoms with Crippen LogP contribution in [0.2, 0.25) is 0 Å². The number of H-pyrrole nitrogens is 1. The number of hydrogen-bond donors (Lipinski definition) is 3. The number of nitrogens with zero attached hydrogens (tertiary/aromatic N) is 1. The van der Waals surface area contributed by atoms with Crippen LogP contribution in [-0.2, 0) is 10.0 Å². The van der Waals surface area contributed by atoms with E-state index in [1.165, 1.54) is 12.3 Å². The molecule has 1 aliphatic carbocycles. The molecule has 1 fully saturated rings. The van der Waals surface area contributed by atoms with Crippen LogP contribution in [0, 0.1) is 0 Å². The number of rotatable bonds is 4. The first-order valence-corrected chi connectivity index (χ1v) is 7.21. The second kappa shape index (κ2) is 4.75. The van der Waals surface area contributed by atoms with Crippen molar-refractivity contribution in [1.29, 1.82) is 0 Å². The van der Waals surface area contributed by atoms with Gasteiger partial charge in [0.15, 0.2) is 5.03 Å². The highest BCUT2D eigenvalue weighted by atomic mass is 32.2. The molecular weight excluding hydrogens is 242 g/mol. The minimum absolute atomic E-state index is 0.0379. The van der Waals surface area contributed by atoms with Gasteiger partial charge in [-0.3, -0.25) is 5.10 Å². The summed E-state index contributed by atoms with van der Waals surface area (Å²) in [5, 5.41) is 15.5. The van der Waals surface area contributed by atoms with Crippen molar-refractivity contribution in [1.82, 2.24) is 14.9 Å². The second-order valence-electron chi connectivity index (χ2n) is 4.53. The minimum Gasteiger partial charge on any atom is -0.394 e. The second-order valence-corrected chi connectivity index (χ2v) is 6.18. The summed E-state index contributed by atoms with van der Waals surface area (Å²) in [5.41, 5.74) is -0.706. The van der Waals surface area contributed by atoms with Crippen LogP contribution in [0.4, 0.5) is 0 Å². The average molecular weight is 259 g/mol. The molecule has 3 N–H and O–H groups in total. The van der Waals surface area contributed by atoms with Gasteiger partial charge in [0.1, 0.15) is 0 Å². The maximum Gasteiger partial charge on any atom is 0.258 e. The molecule has 17 heavy (non-hydrogen) atoms. The number of nitrogens with one attached hydrogen (secondary N) is 2. The molecule has 0 aliphatic heterocycles. The molecule has 1 aromatic heterocycles. The summed E-state index contributed by atoms with van der Waals surface area (Å²) >= 11 is 0.